The van der Waals surface area contributed by atoms with Crippen molar-refractivity contribution in [1.82, 2.24) is 5.32 Å². The fraction of sp³-hybridized carbons (Fsp3) is 0.800. The van der Waals surface area contributed by atoms with Gasteiger partial charge in [-0.15, -0.1) is 0 Å². The van der Waals surface area contributed by atoms with Crippen molar-refractivity contribution in [2.75, 3.05) is 0 Å². The molecule has 0 heterocycles. The van der Waals surface area contributed by atoms with Gasteiger partial charge in [-0.25, -0.2) is 4.79 Å². The topological polar surface area (TPSA) is 66.4 Å². The zero-order valence-electron chi connectivity index (χ0n) is 9.04. The van der Waals surface area contributed by atoms with Gasteiger partial charge in [-0.1, -0.05) is 20.8 Å². The number of carboxylic acids is 1. The van der Waals surface area contributed by atoms with Gasteiger partial charge in [-0.2, -0.15) is 0 Å². The van der Waals surface area contributed by atoms with E-state index in [2.05, 4.69) is 5.32 Å². The summed E-state index contributed by atoms with van der Waals surface area (Å²) in [6.07, 6.45) is 1.63. The smallest absolute Gasteiger partial charge is 0.326 e. The summed E-state index contributed by atoms with van der Waals surface area (Å²) in [5.74, 6) is -0.705. The van der Waals surface area contributed by atoms with Gasteiger partial charge in [0.2, 0.25) is 5.91 Å². The maximum atomic E-state index is 11.0. The first-order valence-electron chi connectivity index (χ1n) is 4.99. The SMILES string of the molecule is CCC(=O)NC(CCC(C)C)C(=O)O. The lowest BCUT2D eigenvalue weighted by molar-refractivity contribution is -0.142. The Labute approximate surface area is 84.7 Å². The van der Waals surface area contributed by atoms with Gasteiger partial charge < -0.3 is 10.4 Å². The van der Waals surface area contributed by atoms with Crippen LogP contribution in [0.2, 0.25) is 0 Å². The van der Waals surface area contributed by atoms with Crippen LogP contribution in [0, 0.1) is 5.92 Å². The third kappa shape index (κ3) is 5.56. The maximum Gasteiger partial charge on any atom is 0.326 e. The van der Waals surface area contributed by atoms with Crippen molar-refractivity contribution in [3.8, 4) is 0 Å². The highest BCUT2D eigenvalue weighted by Gasteiger charge is 2.18. The van der Waals surface area contributed by atoms with E-state index in [4.69, 9.17) is 5.11 Å². The third-order valence-electron chi connectivity index (χ3n) is 1.99. The molecule has 0 aliphatic heterocycles. The van der Waals surface area contributed by atoms with Crippen molar-refractivity contribution >= 4 is 11.9 Å². The second-order valence-electron chi connectivity index (χ2n) is 3.78. The average molecular weight is 201 g/mol. The van der Waals surface area contributed by atoms with Crippen molar-refractivity contribution < 1.29 is 14.7 Å². The van der Waals surface area contributed by atoms with Crippen LogP contribution in [0.5, 0.6) is 0 Å². The summed E-state index contributed by atoms with van der Waals surface area (Å²) in [6.45, 7) is 5.76. The highest BCUT2D eigenvalue weighted by Crippen LogP contribution is 2.07. The zero-order chi connectivity index (χ0) is 11.1. The molecule has 82 valence electrons. The first-order chi connectivity index (χ1) is 6.47. The van der Waals surface area contributed by atoms with Crippen LogP contribution in [0.4, 0.5) is 0 Å². The van der Waals surface area contributed by atoms with Gasteiger partial charge in [0.15, 0.2) is 0 Å². The van der Waals surface area contributed by atoms with Crippen molar-refractivity contribution in [3.63, 3.8) is 0 Å². The number of carboxylic acid groups (broad SMARTS) is 1. The lowest BCUT2D eigenvalue weighted by Crippen LogP contribution is -2.40. The molecule has 0 aliphatic carbocycles. The van der Waals surface area contributed by atoms with Gasteiger partial charge in [-0.3, -0.25) is 4.79 Å². The van der Waals surface area contributed by atoms with Crippen LogP contribution in [-0.4, -0.2) is 23.0 Å². The molecule has 0 saturated heterocycles. The van der Waals surface area contributed by atoms with Crippen LogP contribution in [0.1, 0.15) is 40.0 Å². The third-order valence-corrected chi connectivity index (χ3v) is 1.99. The van der Waals surface area contributed by atoms with Crippen LogP contribution < -0.4 is 5.32 Å². The fourth-order valence-electron chi connectivity index (χ4n) is 1.05. The van der Waals surface area contributed by atoms with E-state index < -0.39 is 12.0 Å². The number of hydrogen-bond donors (Lipinski definition) is 2. The highest BCUT2D eigenvalue weighted by molar-refractivity contribution is 5.83. The number of nitrogens with one attached hydrogen (secondary N) is 1. The molecule has 0 rings (SSSR count). The summed E-state index contributed by atoms with van der Waals surface area (Å²) in [7, 11) is 0. The predicted molar refractivity (Wildman–Crippen MR) is 53.9 cm³/mol. The molecule has 0 aromatic carbocycles. The van der Waals surface area contributed by atoms with Gasteiger partial charge in [0.1, 0.15) is 6.04 Å². The number of rotatable bonds is 6. The summed E-state index contributed by atoms with van der Waals surface area (Å²) in [6, 6.07) is -0.732. The minimum atomic E-state index is -0.951. The van der Waals surface area contributed by atoms with Gasteiger partial charge in [0.05, 0.1) is 0 Å². The maximum absolute atomic E-state index is 11.0. The van der Waals surface area contributed by atoms with E-state index in [-0.39, 0.29) is 5.91 Å². The van der Waals surface area contributed by atoms with E-state index in [0.29, 0.717) is 18.8 Å². The second kappa shape index (κ2) is 6.40. The average Bonchev–Trinajstić information content (AvgIpc) is 2.10. The summed E-state index contributed by atoms with van der Waals surface area (Å²) in [5, 5.41) is 11.3. The normalized spacial score (nSPS) is 12.6. The van der Waals surface area contributed by atoms with Crippen LogP contribution >= 0.6 is 0 Å². The second-order valence-corrected chi connectivity index (χ2v) is 3.78. The molecule has 2 N–H and O–H groups in total. The summed E-state index contributed by atoms with van der Waals surface area (Å²) in [4.78, 5) is 21.7. The molecule has 14 heavy (non-hydrogen) atoms. The van der Waals surface area contributed by atoms with Gasteiger partial charge in [0, 0.05) is 6.42 Å². The number of hydrogen-bond acceptors (Lipinski definition) is 2. The largest absolute Gasteiger partial charge is 0.480 e. The predicted octanol–water partition coefficient (Wildman–Crippen LogP) is 1.40. The fourth-order valence-corrected chi connectivity index (χ4v) is 1.05. The lowest BCUT2D eigenvalue weighted by atomic mass is 10.0. The number of carbonyl (C=O) groups is 2. The minimum absolute atomic E-state index is 0.207. The Balaban J connectivity index is 4.03. The molecule has 0 fully saturated rings. The molecule has 4 nitrogen and oxygen atoms in total. The standard InChI is InChI=1S/C10H19NO3/c1-4-9(12)11-8(10(13)14)6-5-7(2)3/h7-8H,4-6H2,1-3H3,(H,11,12)(H,13,14). The van der Waals surface area contributed by atoms with E-state index in [1.165, 1.54) is 0 Å². The first-order valence-corrected chi connectivity index (χ1v) is 4.99. The van der Waals surface area contributed by atoms with Crippen molar-refractivity contribution in [1.29, 1.82) is 0 Å². The van der Waals surface area contributed by atoms with Crippen LogP contribution in [0.25, 0.3) is 0 Å². The molecule has 0 aliphatic rings. The monoisotopic (exact) mass is 201 g/mol. The molecule has 0 aromatic rings. The summed E-state index contributed by atoms with van der Waals surface area (Å²) < 4.78 is 0. The van der Waals surface area contributed by atoms with E-state index in [9.17, 15) is 9.59 Å². The van der Waals surface area contributed by atoms with Crippen LogP contribution in [0.3, 0.4) is 0 Å². The number of amides is 1. The lowest BCUT2D eigenvalue weighted by Gasteiger charge is -2.14. The Morgan fingerprint density at radius 2 is 1.86 bits per heavy atom. The summed E-state index contributed by atoms with van der Waals surface area (Å²) in [5.41, 5.74) is 0. The highest BCUT2D eigenvalue weighted by atomic mass is 16.4. The van der Waals surface area contributed by atoms with Gasteiger partial charge in [-0.05, 0) is 18.8 Å². The molecule has 1 unspecified atom stereocenters. The molecule has 0 saturated carbocycles. The Bertz CT molecular complexity index is 202. The molecule has 0 radical (unpaired) electrons. The number of aliphatic carboxylic acids is 1. The quantitative estimate of drug-likeness (QED) is 0.682. The Kier molecular flexibility index (Phi) is 5.92. The van der Waals surface area contributed by atoms with Crippen LogP contribution in [0.15, 0.2) is 0 Å². The van der Waals surface area contributed by atoms with E-state index in [1.54, 1.807) is 6.92 Å². The molecule has 0 bridgehead atoms. The van der Waals surface area contributed by atoms with Crippen molar-refractivity contribution in [3.05, 3.63) is 0 Å². The molecule has 0 aromatic heterocycles. The Morgan fingerprint density at radius 1 is 1.29 bits per heavy atom. The van der Waals surface area contributed by atoms with Gasteiger partial charge >= 0.3 is 5.97 Å². The van der Waals surface area contributed by atoms with E-state index in [1.807, 2.05) is 13.8 Å². The van der Waals surface area contributed by atoms with Crippen LogP contribution in [-0.2, 0) is 9.59 Å². The first kappa shape index (κ1) is 12.9. The zero-order valence-corrected chi connectivity index (χ0v) is 9.04. The van der Waals surface area contributed by atoms with E-state index >= 15 is 0 Å². The molecule has 1 amide bonds. The Morgan fingerprint density at radius 3 is 2.21 bits per heavy atom. The molecule has 0 spiro atoms. The van der Waals surface area contributed by atoms with Crippen molar-refractivity contribution in [2.45, 2.75) is 46.1 Å². The molecule has 4 heteroatoms. The van der Waals surface area contributed by atoms with E-state index in [0.717, 1.165) is 6.42 Å². The van der Waals surface area contributed by atoms with Gasteiger partial charge in [0.25, 0.3) is 0 Å². The minimum Gasteiger partial charge on any atom is -0.480 e. The molecular weight excluding hydrogens is 182 g/mol. The molecule has 1 atom stereocenters. The van der Waals surface area contributed by atoms with Crippen molar-refractivity contribution in [2.24, 2.45) is 5.92 Å². The summed E-state index contributed by atoms with van der Waals surface area (Å²) >= 11 is 0. The Hall–Kier alpha value is -1.06. The molecular formula is C10H19NO3. The number of carbonyl (C=O) groups excluding carboxylic acids is 1.